The van der Waals surface area contributed by atoms with E-state index in [2.05, 4.69) is 10.1 Å². The molecule has 2 aromatic carbocycles. The summed E-state index contributed by atoms with van der Waals surface area (Å²) in [5.41, 5.74) is 1.60. The molecule has 2 aromatic rings. The molecule has 4 nitrogen and oxygen atoms in total. The van der Waals surface area contributed by atoms with Gasteiger partial charge in [-0.1, -0.05) is 29.3 Å². The second-order valence-electron chi connectivity index (χ2n) is 4.93. The average molecular weight is 352 g/mol. The van der Waals surface area contributed by atoms with Gasteiger partial charge in [0.1, 0.15) is 0 Å². The third kappa shape index (κ3) is 4.24. The first-order valence-corrected chi connectivity index (χ1v) is 7.62. The standard InChI is InChI=1S/C17H15Cl2NO3/c1-10(14-8-7-13(18)9-15(14)19)20-16(21)11-3-5-12(6-4-11)17(22)23-2/h3-10H,1-2H3,(H,20,21)/t10-/m0/s1. The van der Waals surface area contributed by atoms with Crippen molar-refractivity contribution in [2.45, 2.75) is 13.0 Å². The van der Waals surface area contributed by atoms with Gasteiger partial charge >= 0.3 is 5.97 Å². The quantitative estimate of drug-likeness (QED) is 0.836. The van der Waals surface area contributed by atoms with E-state index < -0.39 is 5.97 Å². The highest BCUT2D eigenvalue weighted by atomic mass is 35.5. The predicted molar refractivity (Wildman–Crippen MR) is 90.1 cm³/mol. The summed E-state index contributed by atoms with van der Waals surface area (Å²) in [5, 5.41) is 3.88. The lowest BCUT2D eigenvalue weighted by atomic mass is 10.1. The Morgan fingerprint density at radius 2 is 1.65 bits per heavy atom. The maximum absolute atomic E-state index is 12.3. The molecule has 1 N–H and O–H groups in total. The number of esters is 1. The maximum Gasteiger partial charge on any atom is 0.337 e. The van der Waals surface area contributed by atoms with Crippen LogP contribution in [-0.2, 0) is 4.74 Å². The first-order chi connectivity index (χ1) is 10.9. The van der Waals surface area contributed by atoms with E-state index >= 15 is 0 Å². The lowest BCUT2D eigenvalue weighted by Gasteiger charge is -2.16. The molecule has 0 saturated heterocycles. The first kappa shape index (κ1) is 17.3. The normalized spacial score (nSPS) is 11.7. The summed E-state index contributed by atoms with van der Waals surface area (Å²) in [4.78, 5) is 23.6. The lowest BCUT2D eigenvalue weighted by molar-refractivity contribution is 0.0600. The number of halogens is 2. The number of hydrogen-bond donors (Lipinski definition) is 1. The van der Waals surface area contributed by atoms with Crippen LogP contribution < -0.4 is 5.32 Å². The Morgan fingerprint density at radius 1 is 1.04 bits per heavy atom. The third-order valence-electron chi connectivity index (χ3n) is 3.34. The molecular weight excluding hydrogens is 337 g/mol. The number of methoxy groups -OCH3 is 1. The Morgan fingerprint density at radius 3 is 2.22 bits per heavy atom. The minimum absolute atomic E-state index is 0.264. The number of carbonyl (C=O) groups excluding carboxylic acids is 2. The van der Waals surface area contributed by atoms with Gasteiger partial charge in [-0.25, -0.2) is 4.79 Å². The van der Waals surface area contributed by atoms with Crippen molar-refractivity contribution in [3.05, 3.63) is 69.2 Å². The predicted octanol–water partition coefficient (Wildman–Crippen LogP) is 4.27. The van der Waals surface area contributed by atoms with Gasteiger partial charge in [-0.2, -0.15) is 0 Å². The summed E-state index contributed by atoms with van der Waals surface area (Å²) >= 11 is 12.0. The van der Waals surface area contributed by atoms with Crippen molar-refractivity contribution in [3.63, 3.8) is 0 Å². The molecule has 0 heterocycles. The van der Waals surface area contributed by atoms with Gasteiger partial charge in [0.2, 0.25) is 0 Å². The van der Waals surface area contributed by atoms with Crippen LogP contribution in [0.1, 0.15) is 39.2 Å². The van der Waals surface area contributed by atoms with E-state index in [0.717, 1.165) is 5.56 Å². The fourth-order valence-corrected chi connectivity index (χ4v) is 2.66. The molecule has 0 aliphatic rings. The van der Waals surface area contributed by atoms with Crippen molar-refractivity contribution in [1.82, 2.24) is 5.32 Å². The zero-order valence-electron chi connectivity index (χ0n) is 12.6. The van der Waals surface area contributed by atoms with Crippen LogP contribution in [0.4, 0.5) is 0 Å². The topological polar surface area (TPSA) is 55.4 Å². The zero-order chi connectivity index (χ0) is 17.0. The third-order valence-corrected chi connectivity index (χ3v) is 3.91. The number of benzene rings is 2. The number of hydrogen-bond acceptors (Lipinski definition) is 3. The largest absolute Gasteiger partial charge is 0.465 e. The fourth-order valence-electron chi connectivity index (χ4n) is 2.09. The first-order valence-electron chi connectivity index (χ1n) is 6.86. The van der Waals surface area contributed by atoms with Gasteiger partial charge in [0.05, 0.1) is 18.7 Å². The van der Waals surface area contributed by atoms with E-state index in [0.29, 0.717) is 21.2 Å². The SMILES string of the molecule is COC(=O)c1ccc(C(=O)N[C@@H](C)c2ccc(Cl)cc2Cl)cc1. The van der Waals surface area contributed by atoms with Crippen LogP contribution in [0.3, 0.4) is 0 Å². The number of rotatable bonds is 4. The molecule has 0 radical (unpaired) electrons. The van der Waals surface area contributed by atoms with Crippen molar-refractivity contribution < 1.29 is 14.3 Å². The summed E-state index contributed by atoms with van der Waals surface area (Å²) in [6.45, 7) is 1.83. The van der Waals surface area contributed by atoms with Gasteiger partial charge in [0.15, 0.2) is 0 Å². The molecule has 0 aliphatic heterocycles. The second kappa shape index (κ2) is 7.49. The highest BCUT2D eigenvalue weighted by Gasteiger charge is 2.15. The molecule has 23 heavy (non-hydrogen) atoms. The van der Waals surface area contributed by atoms with E-state index in [1.807, 2.05) is 6.92 Å². The van der Waals surface area contributed by atoms with E-state index in [1.165, 1.54) is 7.11 Å². The van der Waals surface area contributed by atoms with E-state index in [4.69, 9.17) is 23.2 Å². The monoisotopic (exact) mass is 351 g/mol. The molecule has 6 heteroatoms. The number of carbonyl (C=O) groups is 2. The van der Waals surface area contributed by atoms with Crippen LogP contribution in [0.15, 0.2) is 42.5 Å². The molecule has 0 spiro atoms. The molecule has 0 saturated carbocycles. The molecule has 0 aromatic heterocycles. The molecule has 0 fully saturated rings. The smallest absolute Gasteiger partial charge is 0.337 e. The maximum atomic E-state index is 12.3. The molecule has 0 unspecified atom stereocenters. The molecule has 0 aliphatic carbocycles. The molecule has 1 amide bonds. The summed E-state index contributed by atoms with van der Waals surface area (Å²) in [6, 6.07) is 11.1. The van der Waals surface area contributed by atoms with Crippen LogP contribution in [-0.4, -0.2) is 19.0 Å². The van der Waals surface area contributed by atoms with Crippen molar-refractivity contribution in [1.29, 1.82) is 0 Å². The van der Waals surface area contributed by atoms with E-state index in [9.17, 15) is 9.59 Å². The number of ether oxygens (including phenoxy) is 1. The molecule has 1 atom stereocenters. The van der Waals surface area contributed by atoms with Crippen molar-refractivity contribution in [2.75, 3.05) is 7.11 Å². The highest BCUT2D eigenvalue weighted by Crippen LogP contribution is 2.26. The van der Waals surface area contributed by atoms with Crippen LogP contribution in [0, 0.1) is 0 Å². The second-order valence-corrected chi connectivity index (χ2v) is 5.77. The van der Waals surface area contributed by atoms with Gasteiger partial charge in [-0.15, -0.1) is 0 Å². The lowest BCUT2D eigenvalue weighted by Crippen LogP contribution is -2.26. The Bertz CT molecular complexity index is 729. The summed E-state index contributed by atoms with van der Waals surface area (Å²) in [5.74, 6) is -0.710. The van der Waals surface area contributed by atoms with Crippen molar-refractivity contribution >= 4 is 35.1 Å². The van der Waals surface area contributed by atoms with Crippen molar-refractivity contribution in [2.24, 2.45) is 0 Å². The zero-order valence-corrected chi connectivity index (χ0v) is 14.1. The summed E-state index contributed by atoms with van der Waals surface area (Å²) in [7, 11) is 1.31. The van der Waals surface area contributed by atoms with Gasteiger partial charge in [-0.05, 0) is 48.9 Å². The Kier molecular flexibility index (Phi) is 5.64. The van der Waals surface area contributed by atoms with Crippen LogP contribution >= 0.6 is 23.2 Å². The minimum atomic E-state index is -0.446. The fraction of sp³-hybridized carbons (Fsp3) is 0.176. The van der Waals surface area contributed by atoms with Gasteiger partial charge in [0, 0.05) is 15.6 Å². The van der Waals surface area contributed by atoms with Crippen LogP contribution in [0.2, 0.25) is 10.0 Å². The molecule has 2 rings (SSSR count). The van der Waals surface area contributed by atoms with Crippen LogP contribution in [0.25, 0.3) is 0 Å². The Balaban J connectivity index is 2.10. The molecular formula is C17H15Cl2NO3. The molecule has 0 bridgehead atoms. The van der Waals surface area contributed by atoms with Gasteiger partial charge < -0.3 is 10.1 Å². The minimum Gasteiger partial charge on any atom is -0.465 e. The summed E-state index contributed by atoms with van der Waals surface area (Å²) in [6.07, 6.45) is 0. The van der Waals surface area contributed by atoms with Gasteiger partial charge in [0.25, 0.3) is 5.91 Å². The van der Waals surface area contributed by atoms with E-state index in [-0.39, 0.29) is 11.9 Å². The van der Waals surface area contributed by atoms with Gasteiger partial charge in [-0.3, -0.25) is 4.79 Å². The average Bonchev–Trinajstić information content (AvgIpc) is 2.54. The van der Waals surface area contributed by atoms with Crippen molar-refractivity contribution in [3.8, 4) is 0 Å². The highest BCUT2D eigenvalue weighted by molar-refractivity contribution is 6.35. The Hall–Kier alpha value is -2.04. The number of nitrogens with one attached hydrogen (secondary N) is 1. The Labute approximate surface area is 144 Å². The number of amides is 1. The molecule has 120 valence electrons. The van der Waals surface area contributed by atoms with E-state index in [1.54, 1.807) is 42.5 Å². The van der Waals surface area contributed by atoms with Crippen LogP contribution in [0.5, 0.6) is 0 Å². The summed E-state index contributed by atoms with van der Waals surface area (Å²) < 4.78 is 4.62.